The minimum absolute atomic E-state index is 0. The van der Waals surface area contributed by atoms with Crippen LogP contribution in [-0.2, 0) is 20.1 Å². The molecule has 0 bridgehead atoms. The first-order chi connectivity index (χ1) is 11.0. The number of hydrogen-bond acceptors (Lipinski definition) is 2. The maximum absolute atomic E-state index is 6.06. The molecule has 0 saturated carbocycles. The van der Waals surface area contributed by atoms with E-state index >= 15 is 0 Å². The largest absolute Gasteiger partial charge is 0.464 e. The number of pyridine rings is 1. The van der Waals surface area contributed by atoms with Crippen molar-refractivity contribution in [1.29, 1.82) is 0 Å². The Bertz CT molecular complexity index is 1000. The third-order valence-corrected chi connectivity index (χ3v) is 6.27. The normalized spacial score (nSPS) is 11.6. The topological polar surface area (TPSA) is 26.0 Å². The van der Waals surface area contributed by atoms with Crippen LogP contribution in [0.2, 0.25) is 19.6 Å². The molecule has 2 nitrogen and oxygen atoms in total. The molecule has 2 heterocycles. The molecule has 0 atom stereocenters. The van der Waals surface area contributed by atoms with Gasteiger partial charge in [0.2, 0.25) is 0 Å². The smallest absolute Gasteiger partial charge is 0.134 e. The Morgan fingerprint density at radius 2 is 1.75 bits per heavy atom. The number of para-hydroxylation sites is 1. The molecule has 24 heavy (non-hydrogen) atoms. The van der Waals surface area contributed by atoms with Gasteiger partial charge in [0.25, 0.3) is 0 Å². The van der Waals surface area contributed by atoms with E-state index in [9.17, 15) is 0 Å². The second-order valence-corrected chi connectivity index (χ2v) is 12.0. The van der Waals surface area contributed by atoms with Crippen molar-refractivity contribution in [2.45, 2.75) is 19.6 Å². The summed E-state index contributed by atoms with van der Waals surface area (Å²) in [5.74, 6) is 0. The van der Waals surface area contributed by atoms with E-state index < -0.39 is 8.07 Å². The summed E-state index contributed by atoms with van der Waals surface area (Å²) >= 11 is 0. The molecule has 0 aliphatic rings. The summed E-state index contributed by atoms with van der Waals surface area (Å²) < 4.78 is 6.06. The van der Waals surface area contributed by atoms with E-state index in [0.717, 1.165) is 33.2 Å². The van der Waals surface area contributed by atoms with Crippen LogP contribution < -0.4 is 5.19 Å². The van der Waals surface area contributed by atoms with E-state index in [1.54, 1.807) is 0 Å². The van der Waals surface area contributed by atoms with E-state index in [0.29, 0.717) is 0 Å². The monoisotopic (exact) mass is 509 g/mol. The maximum Gasteiger partial charge on any atom is 0.134 e. The Labute approximate surface area is 156 Å². The molecule has 0 N–H and O–H groups in total. The summed E-state index contributed by atoms with van der Waals surface area (Å²) in [6, 6.07) is 20.0. The van der Waals surface area contributed by atoms with Gasteiger partial charge in [0.1, 0.15) is 11.2 Å². The first kappa shape index (κ1) is 17.1. The summed E-state index contributed by atoms with van der Waals surface area (Å²) in [5, 5.41) is 3.64. The second kappa shape index (κ2) is 6.28. The van der Waals surface area contributed by atoms with Crippen molar-refractivity contribution in [2.24, 2.45) is 0 Å². The Morgan fingerprint density at radius 1 is 0.958 bits per heavy atom. The molecule has 4 heteroatoms. The molecule has 4 aromatic rings. The fourth-order valence-electron chi connectivity index (χ4n) is 2.88. The molecule has 0 spiro atoms. The van der Waals surface area contributed by atoms with Gasteiger partial charge < -0.3 is 9.40 Å². The third-order valence-electron chi connectivity index (χ3n) is 4.23. The fraction of sp³-hybridized carbons (Fsp3) is 0.150. The number of benzene rings is 2. The molecule has 0 unspecified atom stereocenters. The molecule has 123 valence electrons. The fourth-order valence-corrected chi connectivity index (χ4v) is 3.97. The van der Waals surface area contributed by atoms with Crippen LogP contribution in [0.15, 0.2) is 59.1 Å². The van der Waals surface area contributed by atoms with Gasteiger partial charge in [-0.05, 0) is 12.1 Å². The molecule has 0 aliphatic heterocycles. The van der Waals surface area contributed by atoms with Crippen LogP contribution in [0.3, 0.4) is 0 Å². The molecular formula is C20H18IrNOSi-. The molecule has 0 saturated heterocycles. The zero-order chi connectivity index (χ0) is 16.0. The van der Waals surface area contributed by atoms with Gasteiger partial charge in [-0.2, -0.15) is 0 Å². The van der Waals surface area contributed by atoms with Crippen LogP contribution in [0.1, 0.15) is 0 Å². The van der Waals surface area contributed by atoms with Crippen molar-refractivity contribution in [3.8, 4) is 11.3 Å². The van der Waals surface area contributed by atoms with Gasteiger partial charge in [0, 0.05) is 50.8 Å². The van der Waals surface area contributed by atoms with Gasteiger partial charge >= 0.3 is 0 Å². The zero-order valence-electron chi connectivity index (χ0n) is 13.9. The van der Waals surface area contributed by atoms with Crippen LogP contribution >= 0.6 is 0 Å². The molecule has 2 aromatic heterocycles. The zero-order valence-corrected chi connectivity index (χ0v) is 17.3. The van der Waals surface area contributed by atoms with E-state index in [-0.39, 0.29) is 20.1 Å². The molecule has 2 aromatic carbocycles. The minimum Gasteiger partial charge on any atom is -0.464 e. The summed E-state index contributed by atoms with van der Waals surface area (Å²) in [5.41, 5.74) is 3.58. The molecule has 4 rings (SSSR count). The molecular weight excluding hydrogens is 491 g/mol. The molecule has 1 radical (unpaired) electrons. The predicted octanol–water partition coefficient (Wildman–Crippen LogP) is 4.99. The average molecular weight is 509 g/mol. The Kier molecular flexibility index (Phi) is 4.47. The first-order valence-corrected chi connectivity index (χ1v) is 11.3. The van der Waals surface area contributed by atoms with E-state index in [1.807, 2.05) is 30.5 Å². The van der Waals surface area contributed by atoms with Crippen LogP contribution in [0.5, 0.6) is 0 Å². The van der Waals surface area contributed by atoms with Crippen LogP contribution in [0, 0.1) is 6.07 Å². The number of furan rings is 1. The number of fused-ring (bicyclic) bond motifs is 3. The molecule has 0 amide bonds. The van der Waals surface area contributed by atoms with Gasteiger partial charge in [0.05, 0.1) is 0 Å². The van der Waals surface area contributed by atoms with Crippen LogP contribution in [-0.4, -0.2) is 13.1 Å². The van der Waals surface area contributed by atoms with Crippen molar-refractivity contribution in [1.82, 2.24) is 4.98 Å². The van der Waals surface area contributed by atoms with Gasteiger partial charge in [0.15, 0.2) is 0 Å². The van der Waals surface area contributed by atoms with Crippen LogP contribution in [0.4, 0.5) is 0 Å². The van der Waals surface area contributed by atoms with Crippen molar-refractivity contribution >= 4 is 35.2 Å². The number of rotatable bonds is 2. The Balaban J connectivity index is 0.00000169. The maximum atomic E-state index is 6.06. The van der Waals surface area contributed by atoms with E-state index in [1.165, 1.54) is 5.19 Å². The summed E-state index contributed by atoms with van der Waals surface area (Å²) in [6.45, 7) is 7.02. The van der Waals surface area contributed by atoms with Crippen molar-refractivity contribution < 1.29 is 24.5 Å². The summed E-state index contributed by atoms with van der Waals surface area (Å²) in [6.07, 6.45) is 1.85. The predicted molar refractivity (Wildman–Crippen MR) is 98.8 cm³/mol. The third kappa shape index (κ3) is 2.86. The number of nitrogens with zero attached hydrogens (tertiary/aromatic N) is 1. The van der Waals surface area contributed by atoms with Gasteiger partial charge in [-0.15, -0.1) is 35.0 Å². The second-order valence-electron chi connectivity index (χ2n) is 6.88. The van der Waals surface area contributed by atoms with Gasteiger partial charge in [-0.25, -0.2) is 0 Å². The van der Waals surface area contributed by atoms with E-state index in [2.05, 4.69) is 55.0 Å². The number of hydrogen-bond donors (Lipinski definition) is 0. The standard InChI is InChI=1S/C20H18NOSi.Ir/c1-23(2,3)15-10-8-14(9-11-15)19-20-17(12-13-21-19)16-6-4-5-7-18(16)22-20;/h4-8,10-13H,1-3H3;/q-1;. The quantitative estimate of drug-likeness (QED) is 0.282. The first-order valence-electron chi connectivity index (χ1n) is 7.83. The Hall–Kier alpha value is -1.74. The molecule has 0 fully saturated rings. The summed E-state index contributed by atoms with van der Waals surface area (Å²) in [7, 11) is -1.31. The van der Waals surface area contributed by atoms with Crippen molar-refractivity contribution in [3.05, 3.63) is 60.8 Å². The van der Waals surface area contributed by atoms with Crippen LogP contribution in [0.25, 0.3) is 33.2 Å². The summed E-state index contributed by atoms with van der Waals surface area (Å²) in [4.78, 5) is 4.55. The minimum atomic E-state index is -1.31. The molecule has 0 aliphatic carbocycles. The number of aromatic nitrogens is 1. The SMILES string of the molecule is C[Si](C)(C)c1c[c-]c(-c2nccc3c2oc2ccccc23)cc1.[Ir]. The average Bonchev–Trinajstić information content (AvgIpc) is 2.93. The Morgan fingerprint density at radius 3 is 2.46 bits per heavy atom. The van der Waals surface area contributed by atoms with Gasteiger partial charge in [-0.1, -0.05) is 37.8 Å². The van der Waals surface area contributed by atoms with Gasteiger partial charge in [-0.3, -0.25) is 0 Å². The van der Waals surface area contributed by atoms with Crippen molar-refractivity contribution in [3.63, 3.8) is 0 Å². The van der Waals surface area contributed by atoms with E-state index in [4.69, 9.17) is 4.42 Å². The van der Waals surface area contributed by atoms with Crippen molar-refractivity contribution in [2.75, 3.05) is 0 Å².